The van der Waals surface area contributed by atoms with Gasteiger partial charge in [-0.25, -0.2) is 0 Å². The Morgan fingerprint density at radius 2 is 0.424 bits per heavy atom. The van der Waals surface area contributed by atoms with E-state index in [-0.39, 0.29) is 58.2 Å². The summed E-state index contributed by atoms with van der Waals surface area (Å²) in [5, 5.41) is 54.9. The molecule has 0 fully saturated rings. The standard InChI is InChI=1S/C95H166N18O22.C5H8O4/c1-9-17-25-48-96-82(122)60-104-78(118)44-38-68(90(130)108-64-86(126)100-52-29-21-13-5)56-74(116)40-36-70(92(132)112-76(94(134)110-66-88(128)102-54-31-23-15-7)42-46-80(120)106-62-84(124)98-50-27-19-11-3)58-72(114)34-33-35-73(115)59-71(93(133)113-77(95(135)111-67-89(129)103-55-32-24-16-8)43-47-81(121)107-63-85(125)99-51-28-20-12-4)37-41-75(117)57-69(91(131)109-65-87(127)101-53-30-22-14-6)39-45-79(119)105-61-83(123)97-49-26-18-10-2;6-4-9-3-1-2-5(7)8/h68-71,76-77H,9-67H2,1-8H3,(H,96,122)(H,97,123)(H,98,124)(H,99,125)(H,100,126)(H,101,127)(H,102,128)(H,103,129)(H,104,118)(H,105,119)(H,106,120)(H,107,121)(H,108,130)(H,109,131)(H,110,134)(H,111,135)(H,112,132)(H,113,133);4H,1-3H2,(H,7,8). The number of ketones is 4. The molecule has 0 aliphatic carbocycles. The number of hydrogen-bond donors (Lipinski definition) is 19. The van der Waals surface area contributed by atoms with Crippen molar-refractivity contribution in [2.24, 2.45) is 23.7 Å². The van der Waals surface area contributed by atoms with E-state index in [1.807, 2.05) is 55.4 Å². The number of carboxylic acids is 1. The van der Waals surface area contributed by atoms with Crippen LogP contribution in [0.4, 0.5) is 0 Å². The van der Waals surface area contributed by atoms with E-state index >= 15 is 0 Å². The molecule has 44 heteroatoms. The van der Waals surface area contributed by atoms with Crippen LogP contribution in [-0.2, 0) is 120 Å². The first kappa shape index (κ1) is 134. The van der Waals surface area contributed by atoms with Gasteiger partial charge in [0.25, 0.3) is 6.47 Å². The van der Waals surface area contributed by atoms with Crippen molar-refractivity contribution in [2.75, 3.05) is 111 Å². The van der Waals surface area contributed by atoms with Crippen molar-refractivity contribution < 1.29 is 125 Å². The van der Waals surface area contributed by atoms with Crippen LogP contribution in [0.1, 0.15) is 344 Å². The smallest absolute Gasteiger partial charge is 0.303 e. The minimum Gasteiger partial charge on any atom is -0.481 e. The van der Waals surface area contributed by atoms with Crippen molar-refractivity contribution in [1.82, 2.24) is 95.7 Å². The number of nitrogens with one attached hydrogen (secondary N) is 18. The molecule has 18 amide bonds. The van der Waals surface area contributed by atoms with Crippen LogP contribution in [0.25, 0.3) is 0 Å². The normalized spacial score (nSPS) is 11.9. The van der Waals surface area contributed by atoms with Gasteiger partial charge in [0, 0.05) is 160 Å². The number of hydrogen-bond acceptors (Lipinski definition) is 25. The second-order valence-corrected chi connectivity index (χ2v) is 35.9. The molecule has 0 heterocycles. The van der Waals surface area contributed by atoms with Gasteiger partial charge in [-0.15, -0.1) is 0 Å². The molecular weight excluding hydrogens is 1870 g/mol. The lowest BCUT2D eigenvalue weighted by atomic mass is 9.88. The van der Waals surface area contributed by atoms with Crippen LogP contribution in [0.2, 0.25) is 0 Å². The Hall–Kier alpha value is -11.9. The summed E-state index contributed by atoms with van der Waals surface area (Å²) < 4.78 is 4.24. The average molecular weight is 2040 g/mol. The van der Waals surface area contributed by atoms with Crippen molar-refractivity contribution in [1.29, 1.82) is 0 Å². The highest BCUT2D eigenvalue weighted by atomic mass is 16.5. The van der Waals surface area contributed by atoms with Crippen LogP contribution >= 0.6 is 0 Å². The Morgan fingerprint density at radius 1 is 0.215 bits per heavy atom. The predicted molar refractivity (Wildman–Crippen MR) is 539 cm³/mol. The fourth-order valence-electron chi connectivity index (χ4n) is 14.2. The number of amides is 18. The number of unbranched alkanes of at least 4 members (excludes halogenated alkanes) is 16. The van der Waals surface area contributed by atoms with E-state index in [0.717, 1.165) is 116 Å². The molecule has 0 aromatic rings. The number of carboxylic acid groups (broad SMARTS) is 1. The molecule has 6 unspecified atom stereocenters. The highest BCUT2D eigenvalue weighted by Gasteiger charge is 2.34. The Kier molecular flexibility index (Phi) is 83.7. The summed E-state index contributed by atoms with van der Waals surface area (Å²) in [7, 11) is 0. The molecule has 0 bridgehead atoms. The largest absolute Gasteiger partial charge is 0.481 e. The van der Waals surface area contributed by atoms with Crippen molar-refractivity contribution in [3.05, 3.63) is 0 Å². The van der Waals surface area contributed by atoms with E-state index in [0.29, 0.717) is 104 Å². The van der Waals surface area contributed by atoms with E-state index in [1.165, 1.54) is 0 Å². The van der Waals surface area contributed by atoms with Crippen molar-refractivity contribution >= 4 is 142 Å². The van der Waals surface area contributed by atoms with Gasteiger partial charge >= 0.3 is 5.97 Å². The average Bonchev–Trinajstić information content (AvgIpc) is 0.873. The zero-order chi connectivity index (χ0) is 108. The highest BCUT2D eigenvalue weighted by Crippen LogP contribution is 2.24. The first-order valence-electron chi connectivity index (χ1n) is 52.3. The fraction of sp³-hybridized carbons (Fsp3) is 0.760. The lowest BCUT2D eigenvalue weighted by molar-refractivity contribution is -0.138. The maximum Gasteiger partial charge on any atom is 0.303 e. The fourth-order valence-corrected chi connectivity index (χ4v) is 14.2. The van der Waals surface area contributed by atoms with Gasteiger partial charge in [0.15, 0.2) is 0 Å². The molecule has 0 saturated carbocycles. The van der Waals surface area contributed by atoms with Crippen molar-refractivity contribution in [2.45, 2.75) is 356 Å². The van der Waals surface area contributed by atoms with Crippen LogP contribution in [0.5, 0.6) is 0 Å². The second-order valence-electron chi connectivity index (χ2n) is 35.9. The van der Waals surface area contributed by atoms with Crippen LogP contribution in [-0.4, -0.2) is 270 Å². The summed E-state index contributed by atoms with van der Waals surface area (Å²) in [4.78, 5) is 319. The van der Waals surface area contributed by atoms with Crippen LogP contribution in [0.15, 0.2) is 0 Å². The predicted octanol–water partition coefficient (Wildman–Crippen LogP) is 3.51. The zero-order valence-corrected chi connectivity index (χ0v) is 87.0. The number of carbonyl (C=O) groups excluding carboxylic acids is 23. The van der Waals surface area contributed by atoms with Gasteiger partial charge in [-0.1, -0.05) is 158 Å². The number of Topliss-reactive ketones (excluding diaryl/α,β-unsaturated/α-hetero) is 4. The summed E-state index contributed by atoms with van der Waals surface area (Å²) in [6.45, 7) is 15.4. The van der Waals surface area contributed by atoms with Gasteiger partial charge in [0.05, 0.1) is 59.0 Å². The highest BCUT2D eigenvalue weighted by molar-refractivity contribution is 5.97. The molecule has 144 heavy (non-hydrogen) atoms. The molecule has 0 aromatic carbocycles. The third-order valence-electron chi connectivity index (χ3n) is 22.9. The van der Waals surface area contributed by atoms with E-state index in [2.05, 4.69) is 100 Å². The third kappa shape index (κ3) is 78.6. The van der Waals surface area contributed by atoms with Crippen molar-refractivity contribution in [3.63, 3.8) is 0 Å². The Bertz CT molecular complexity index is 3650. The maximum absolute atomic E-state index is 14.9. The first-order chi connectivity index (χ1) is 69.0. The van der Waals surface area contributed by atoms with E-state index < -0.39 is 300 Å². The molecular formula is C100H174N18O26. The zero-order valence-electron chi connectivity index (χ0n) is 87.0. The number of aliphatic carboxylic acids is 1. The van der Waals surface area contributed by atoms with Gasteiger partial charge < -0.3 is 106 Å². The summed E-state index contributed by atoms with van der Waals surface area (Å²) in [6.07, 6.45) is 11.1. The van der Waals surface area contributed by atoms with Gasteiger partial charge in [-0.05, 0) is 103 Å². The quantitative estimate of drug-likeness (QED) is 0.0306. The van der Waals surface area contributed by atoms with E-state index in [1.54, 1.807) is 0 Å². The first-order valence-corrected chi connectivity index (χ1v) is 52.3. The summed E-state index contributed by atoms with van der Waals surface area (Å²) >= 11 is 0. The topological polar surface area (TPSA) is 656 Å². The number of ether oxygens (including phenoxy) is 1. The molecule has 0 saturated heterocycles. The van der Waals surface area contributed by atoms with Crippen LogP contribution < -0.4 is 95.7 Å². The molecule has 0 radical (unpaired) electrons. The van der Waals surface area contributed by atoms with Crippen LogP contribution in [0.3, 0.4) is 0 Å². The molecule has 19 N–H and O–H groups in total. The molecule has 0 spiro atoms. The number of carbonyl (C=O) groups is 24. The molecule has 6 atom stereocenters. The minimum atomic E-state index is -1.60. The Balaban J connectivity index is 0. The molecule has 0 aliphatic rings. The van der Waals surface area contributed by atoms with Crippen molar-refractivity contribution in [3.8, 4) is 0 Å². The van der Waals surface area contributed by atoms with Gasteiger partial charge in [-0.2, -0.15) is 0 Å². The second kappa shape index (κ2) is 89.9. The van der Waals surface area contributed by atoms with Crippen LogP contribution in [0, 0.1) is 23.7 Å². The summed E-state index contributed by atoms with van der Waals surface area (Å²) in [5.41, 5.74) is 0. The summed E-state index contributed by atoms with van der Waals surface area (Å²) in [5.74, 6) is -21.2. The Labute approximate surface area is 850 Å². The molecule has 0 rings (SSSR count). The maximum atomic E-state index is 14.9. The minimum absolute atomic E-state index is 0.0494. The van der Waals surface area contributed by atoms with Gasteiger partial charge in [0.1, 0.15) is 35.2 Å². The molecule has 0 aromatic heterocycles. The Morgan fingerprint density at radius 3 is 0.653 bits per heavy atom. The van der Waals surface area contributed by atoms with Gasteiger partial charge in [0.2, 0.25) is 106 Å². The summed E-state index contributed by atoms with van der Waals surface area (Å²) in [6, 6.07) is -3.20. The lowest BCUT2D eigenvalue weighted by Crippen LogP contribution is -2.51. The molecule has 0 aliphatic heterocycles. The monoisotopic (exact) mass is 2040 g/mol. The number of rotatable bonds is 91. The van der Waals surface area contributed by atoms with Gasteiger partial charge in [-0.3, -0.25) is 115 Å². The SMILES string of the molecule is CCCCCNC(=O)CNC(=O)CCC(CC(=O)CCC(CC(=O)CCCC(=O)CC(CCC(=O)CC(CCC(=O)NCC(=O)NCCCCC)C(=O)NCC(=O)NCCCCC)C(=O)NC(CCC(=O)NCC(=O)NCCCCC)C(=O)NCC(=O)NCCCCC)C(=O)NC(CCC(=O)NCC(=O)NCCCCC)C(=O)NCC(=O)NCCCCC)C(=O)NCC(=O)NCCCCC.O=COCCCC(=O)O. The van der Waals surface area contributed by atoms with E-state index in [4.69, 9.17) is 5.11 Å². The van der Waals surface area contributed by atoms with E-state index in [9.17, 15) is 115 Å². The third-order valence-corrected chi connectivity index (χ3v) is 22.9. The lowest BCUT2D eigenvalue weighted by Gasteiger charge is -2.23. The molecule has 44 nitrogen and oxygen atoms in total. The molecule has 820 valence electrons.